The zero-order valence-corrected chi connectivity index (χ0v) is 11.8. The Kier molecular flexibility index (Phi) is 8.41. The summed E-state index contributed by atoms with van der Waals surface area (Å²) in [7, 11) is 0. The summed E-state index contributed by atoms with van der Waals surface area (Å²) in [6.07, 6.45) is 5.34. The number of rotatable bonds is 7. The monoisotopic (exact) mass is 274 g/mol. The highest BCUT2D eigenvalue weighted by molar-refractivity contribution is 5.85. The van der Waals surface area contributed by atoms with E-state index in [0.717, 1.165) is 31.4 Å². The number of nitrogens with zero attached hydrogens (tertiary/aromatic N) is 1. The zero-order valence-electron chi connectivity index (χ0n) is 11.0. The van der Waals surface area contributed by atoms with Gasteiger partial charge in [0.1, 0.15) is 0 Å². The van der Waals surface area contributed by atoms with E-state index in [9.17, 15) is 4.79 Å². The molecular formula is C12H23ClN4O. The zero-order chi connectivity index (χ0) is 12.7. The molecule has 0 spiro atoms. The highest BCUT2D eigenvalue weighted by Crippen LogP contribution is 2.05. The van der Waals surface area contributed by atoms with Crippen molar-refractivity contribution in [3.63, 3.8) is 0 Å². The molecule has 0 aromatic carbocycles. The minimum absolute atomic E-state index is 0. The van der Waals surface area contributed by atoms with Crippen LogP contribution in [0.2, 0.25) is 0 Å². The van der Waals surface area contributed by atoms with E-state index in [4.69, 9.17) is 5.73 Å². The number of nitrogens with two attached hydrogens (primary N) is 1. The van der Waals surface area contributed by atoms with Gasteiger partial charge in [-0.05, 0) is 31.7 Å². The molecule has 1 rings (SSSR count). The van der Waals surface area contributed by atoms with E-state index in [-0.39, 0.29) is 24.4 Å². The van der Waals surface area contributed by atoms with Gasteiger partial charge in [0.2, 0.25) is 5.91 Å². The van der Waals surface area contributed by atoms with Crippen LogP contribution in [-0.2, 0) is 11.2 Å². The molecule has 4 N–H and O–H groups in total. The number of carbonyl (C=O) groups excluding carboxylic acids is 1. The first-order chi connectivity index (χ1) is 8.15. The van der Waals surface area contributed by atoms with Crippen LogP contribution in [0.15, 0.2) is 6.20 Å². The van der Waals surface area contributed by atoms with Crippen LogP contribution in [0.1, 0.15) is 37.4 Å². The molecule has 0 aliphatic heterocycles. The summed E-state index contributed by atoms with van der Waals surface area (Å²) in [6.45, 7) is 4.69. The van der Waals surface area contributed by atoms with Gasteiger partial charge in [0.25, 0.3) is 0 Å². The number of carbonyl (C=O) groups is 1. The van der Waals surface area contributed by atoms with E-state index in [1.165, 1.54) is 5.56 Å². The van der Waals surface area contributed by atoms with E-state index >= 15 is 0 Å². The summed E-state index contributed by atoms with van der Waals surface area (Å²) in [6, 6.07) is -0.365. The van der Waals surface area contributed by atoms with Crippen LogP contribution in [-0.4, -0.2) is 28.7 Å². The molecule has 0 saturated heterocycles. The van der Waals surface area contributed by atoms with Gasteiger partial charge in [0.15, 0.2) is 0 Å². The minimum Gasteiger partial charge on any atom is -0.355 e. The standard InChI is InChI=1S/C12H22N4O.ClH/c1-3-5-11(13)12(17)14-7-4-6-10-8-15-16-9(10)2;/h8,11H,3-7,13H2,1-2H3,(H,14,17)(H,15,16);1H. The first-order valence-corrected chi connectivity index (χ1v) is 6.17. The normalized spacial score (nSPS) is 11.7. The highest BCUT2D eigenvalue weighted by Gasteiger charge is 2.10. The van der Waals surface area contributed by atoms with Crippen molar-refractivity contribution in [1.29, 1.82) is 0 Å². The SMILES string of the molecule is CCCC(N)C(=O)NCCCc1cn[nH]c1C.Cl. The smallest absolute Gasteiger partial charge is 0.236 e. The largest absolute Gasteiger partial charge is 0.355 e. The average molecular weight is 275 g/mol. The third kappa shape index (κ3) is 5.51. The fourth-order valence-corrected chi connectivity index (χ4v) is 1.69. The van der Waals surface area contributed by atoms with Crippen molar-refractivity contribution in [2.45, 2.75) is 45.6 Å². The predicted octanol–water partition coefficient (Wildman–Crippen LogP) is 1.32. The molecule has 1 amide bonds. The quantitative estimate of drug-likeness (QED) is 0.656. The van der Waals surface area contributed by atoms with Crippen molar-refractivity contribution in [3.05, 3.63) is 17.5 Å². The number of aryl methyl sites for hydroxylation is 2. The maximum absolute atomic E-state index is 11.5. The lowest BCUT2D eigenvalue weighted by atomic mass is 10.1. The summed E-state index contributed by atoms with van der Waals surface area (Å²) in [4.78, 5) is 11.5. The van der Waals surface area contributed by atoms with Crippen LogP contribution < -0.4 is 11.1 Å². The fraction of sp³-hybridized carbons (Fsp3) is 0.667. The van der Waals surface area contributed by atoms with E-state index in [2.05, 4.69) is 15.5 Å². The Morgan fingerprint density at radius 3 is 2.89 bits per heavy atom. The van der Waals surface area contributed by atoms with E-state index in [1.54, 1.807) is 0 Å². The van der Waals surface area contributed by atoms with Gasteiger partial charge in [-0.15, -0.1) is 12.4 Å². The molecule has 1 heterocycles. The van der Waals surface area contributed by atoms with Crippen LogP contribution in [0, 0.1) is 6.92 Å². The van der Waals surface area contributed by atoms with Gasteiger partial charge >= 0.3 is 0 Å². The maximum atomic E-state index is 11.5. The Balaban J connectivity index is 0.00000289. The Hall–Kier alpha value is -1.07. The van der Waals surface area contributed by atoms with Crippen LogP contribution >= 0.6 is 12.4 Å². The van der Waals surface area contributed by atoms with Gasteiger partial charge < -0.3 is 11.1 Å². The summed E-state index contributed by atoms with van der Waals surface area (Å²) < 4.78 is 0. The first-order valence-electron chi connectivity index (χ1n) is 6.17. The van der Waals surface area contributed by atoms with E-state index in [0.29, 0.717) is 6.54 Å². The number of hydrogen-bond acceptors (Lipinski definition) is 3. The molecule has 104 valence electrons. The second-order valence-electron chi connectivity index (χ2n) is 4.31. The molecule has 1 atom stereocenters. The lowest BCUT2D eigenvalue weighted by molar-refractivity contribution is -0.122. The molecule has 0 saturated carbocycles. The number of amides is 1. The molecule has 0 aliphatic rings. The Labute approximate surface area is 114 Å². The number of aromatic nitrogens is 2. The van der Waals surface area contributed by atoms with Crippen molar-refractivity contribution >= 4 is 18.3 Å². The third-order valence-electron chi connectivity index (χ3n) is 2.79. The molecule has 0 radical (unpaired) electrons. The molecule has 0 bridgehead atoms. The second-order valence-corrected chi connectivity index (χ2v) is 4.31. The topological polar surface area (TPSA) is 83.8 Å². The van der Waals surface area contributed by atoms with Crippen molar-refractivity contribution < 1.29 is 4.79 Å². The van der Waals surface area contributed by atoms with Crippen molar-refractivity contribution in [1.82, 2.24) is 15.5 Å². The molecule has 0 fully saturated rings. The molecule has 0 aliphatic carbocycles. The Morgan fingerprint density at radius 2 is 2.33 bits per heavy atom. The molecule has 1 aromatic rings. The number of nitrogens with one attached hydrogen (secondary N) is 2. The van der Waals surface area contributed by atoms with Gasteiger partial charge in [-0.3, -0.25) is 9.89 Å². The molecule has 1 aromatic heterocycles. The molecule has 1 unspecified atom stereocenters. The summed E-state index contributed by atoms with van der Waals surface area (Å²) in [5.74, 6) is -0.0456. The van der Waals surface area contributed by atoms with Gasteiger partial charge in [-0.25, -0.2) is 0 Å². The van der Waals surface area contributed by atoms with Crippen LogP contribution in [0.5, 0.6) is 0 Å². The van der Waals surface area contributed by atoms with Crippen molar-refractivity contribution in [2.24, 2.45) is 5.73 Å². The Morgan fingerprint density at radius 1 is 1.61 bits per heavy atom. The molecule has 6 heteroatoms. The van der Waals surface area contributed by atoms with Gasteiger partial charge in [-0.1, -0.05) is 13.3 Å². The lowest BCUT2D eigenvalue weighted by Crippen LogP contribution is -2.40. The first kappa shape index (κ1) is 16.9. The average Bonchev–Trinajstić information content (AvgIpc) is 2.70. The van der Waals surface area contributed by atoms with Crippen LogP contribution in [0.25, 0.3) is 0 Å². The number of hydrogen-bond donors (Lipinski definition) is 3. The molecular weight excluding hydrogens is 252 g/mol. The number of H-pyrrole nitrogens is 1. The molecule has 5 nitrogen and oxygen atoms in total. The van der Waals surface area contributed by atoms with Gasteiger partial charge in [0.05, 0.1) is 12.2 Å². The number of aromatic amines is 1. The third-order valence-corrected chi connectivity index (χ3v) is 2.79. The summed E-state index contributed by atoms with van der Waals surface area (Å²) in [5, 5.41) is 9.71. The Bertz CT molecular complexity index is 354. The van der Waals surface area contributed by atoms with Crippen LogP contribution in [0.3, 0.4) is 0 Å². The van der Waals surface area contributed by atoms with E-state index < -0.39 is 0 Å². The second kappa shape index (κ2) is 8.94. The van der Waals surface area contributed by atoms with Crippen LogP contribution in [0.4, 0.5) is 0 Å². The molecule has 18 heavy (non-hydrogen) atoms. The fourth-order valence-electron chi connectivity index (χ4n) is 1.69. The van der Waals surface area contributed by atoms with Gasteiger partial charge in [0, 0.05) is 12.2 Å². The van der Waals surface area contributed by atoms with E-state index in [1.807, 2.05) is 20.0 Å². The number of halogens is 1. The summed E-state index contributed by atoms with van der Waals surface area (Å²) >= 11 is 0. The lowest BCUT2D eigenvalue weighted by Gasteiger charge is -2.10. The van der Waals surface area contributed by atoms with Crippen molar-refractivity contribution in [2.75, 3.05) is 6.54 Å². The summed E-state index contributed by atoms with van der Waals surface area (Å²) in [5.41, 5.74) is 8.00. The highest BCUT2D eigenvalue weighted by atomic mass is 35.5. The minimum atomic E-state index is -0.365. The van der Waals surface area contributed by atoms with Gasteiger partial charge in [-0.2, -0.15) is 5.10 Å². The van der Waals surface area contributed by atoms with Crippen molar-refractivity contribution in [3.8, 4) is 0 Å². The predicted molar refractivity (Wildman–Crippen MR) is 74.8 cm³/mol. The maximum Gasteiger partial charge on any atom is 0.236 e.